The van der Waals surface area contributed by atoms with E-state index in [2.05, 4.69) is 24.3 Å². The minimum Gasteiger partial charge on any atom is -0.0763 e. The third-order valence-corrected chi connectivity index (χ3v) is 3.02. The first-order valence-electron chi connectivity index (χ1n) is 4.75. The maximum absolute atomic E-state index is 2.41. The Morgan fingerprint density at radius 2 is 1.92 bits per heavy atom. The van der Waals surface area contributed by atoms with E-state index in [1.807, 2.05) is 0 Å². The highest BCUT2D eigenvalue weighted by Crippen LogP contribution is 2.37. The van der Waals surface area contributed by atoms with E-state index in [4.69, 9.17) is 0 Å². The van der Waals surface area contributed by atoms with Crippen LogP contribution in [0, 0.1) is 0 Å². The quantitative estimate of drug-likeness (QED) is 0.541. The fourth-order valence-corrected chi connectivity index (χ4v) is 2.48. The maximum atomic E-state index is 2.41. The molecule has 0 bridgehead atoms. The van der Waals surface area contributed by atoms with Crippen molar-refractivity contribution in [1.29, 1.82) is 0 Å². The van der Waals surface area contributed by atoms with Crippen LogP contribution in [0.1, 0.15) is 29.5 Å². The van der Waals surface area contributed by atoms with Crippen molar-refractivity contribution >= 4 is 5.57 Å². The molecule has 0 atom stereocenters. The van der Waals surface area contributed by atoms with Crippen LogP contribution >= 0.6 is 0 Å². The zero-order chi connectivity index (χ0) is 7.97. The molecule has 0 radical (unpaired) electrons. The molecule has 0 heteroatoms. The van der Waals surface area contributed by atoms with Gasteiger partial charge in [-0.15, -0.1) is 0 Å². The number of hydrogen-bond acceptors (Lipinski definition) is 0. The predicted molar refractivity (Wildman–Crippen MR) is 51.1 cm³/mol. The third kappa shape index (κ3) is 0.726. The van der Waals surface area contributed by atoms with Crippen molar-refractivity contribution in [2.75, 3.05) is 0 Å². The normalized spacial score (nSPS) is 18.8. The third-order valence-electron chi connectivity index (χ3n) is 3.02. The van der Waals surface area contributed by atoms with Crippen LogP contribution < -0.4 is 0 Å². The molecule has 0 aromatic heterocycles. The predicted octanol–water partition coefficient (Wildman–Crippen LogP) is 2.96. The maximum Gasteiger partial charge on any atom is -0.00853 e. The first-order chi connectivity index (χ1) is 5.95. The Morgan fingerprint density at radius 3 is 2.92 bits per heavy atom. The highest BCUT2D eigenvalue weighted by Gasteiger charge is 2.20. The second-order valence-corrected chi connectivity index (χ2v) is 3.74. The smallest absolute Gasteiger partial charge is 0.00853 e. The van der Waals surface area contributed by atoms with Crippen molar-refractivity contribution in [2.24, 2.45) is 0 Å². The molecule has 2 aliphatic rings. The highest BCUT2D eigenvalue weighted by molar-refractivity contribution is 5.76. The molecule has 3 rings (SSSR count). The lowest BCUT2D eigenvalue weighted by molar-refractivity contribution is 0.824. The van der Waals surface area contributed by atoms with Crippen LogP contribution in [0.2, 0.25) is 0 Å². The summed E-state index contributed by atoms with van der Waals surface area (Å²) >= 11 is 0. The molecule has 0 spiro atoms. The van der Waals surface area contributed by atoms with Gasteiger partial charge in [0.2, 0.25) is 0 Å². The highest BCUT2D eigenvalue weighted by atomic mass is 14.2. The summed E-state index contributed by atoms with van der Waals surface area (Å²) in [5.41, 5.74) is 6.36. The van der Waals surface area contributed by atoms with Crippen LogP contribution in [0.25, 0.3) is 5.57 Å². The number of rotatable bonds is 0. The van der Waals surface area contributed by atoms with E-state index < -0.39 is 0 Å². The first kappa shape index (κ1) is 6.47. The van der Waals surface area contributed by atoms with Gasteiger partial charge < -0.3 is 0 Å². The van der Waals surface area contributed by atoms with E-state index in [9.17, 15) is 0 Å². The van der Waals surface area contributed by atoms with Gasteiger partial charge in [-0.3, -0.25) is 0 Å². The molecular weight excluding hydrogens is 144 g/mol. The van der Waals surface area contributed by atoms with Crippen LogP contribution in [0.4, 0.5) is 0 Å². The fraction of sp³-hybridized carbons (Fsp3) is 0.333. The molecule has 0 amide bonds. The first-order valence-corrected chi connectivity index (χ1v) is 4.75. The summed E-state index contributed by atoms with van der Waals surface area (Å²) in [4.78, 5) is 0. The van der Waals surface area contributed by atoms with Gasteiger partial charge in [-0.2, -0.15) is 0 Å². The molecule has 0 heterocycles. The van der Waals surface area contributed by atoms with Crippen molar-refractivity contribution < 1.29 is 0 Å². The van der Waals surface area contributed by atoms with Crippen LogP contribution in [0.5, 0.6) is 0 Å². The monoisotopic (exact) mass is 156 g/mol. The number of aryl methyl sites for hydroxylation is 1. The molecule has 1 aromatic rings. The summed E-state index contributed by atoms with van der Waals surface area (Å²) in [6.45, 7) is 0. The molecule has 0 nitrogen and oxygen atoms in total. The molecule has 1 aromatic carbocycles. The minimum atomic E-state index is 1.18. The van der Waals surface area contributed by atoms with E-state index in [1.54, 1.807) is 22.3 Å². The molecular formula is C12H12. The van der Waals surface area contributed by atoms with Gasteiger partial charge in [0, 0.05) is 0 Å². The molecule has 12 heavy (non-hydrogen) atoms. The van der Waals surface area contributed by atoms with E-state index in [-0.39, 0.29) is 0 Å². The summed E-state index contributed by atoms with van der Waals surface area (Å²) in [5.74, 6) is 0. The average Bonchev–Trinajstić information content (AvgIpc) is 2.52. The number of hydrogen-bond donors (Lipinski definition) is 0. The van der Waals surface area contributed by atoms with Gasteiger partial charge in [-0.05, 0) is 47.9 Å². The van der Waals surface area contributed by atoms with E-state index in [0.29, 0.717) is 0 Å². The zero-order valence-corrected chi connectivity index (χ0v) is 7.14. The summed E-state index contributed by atoms with van der Waals surface area (Å²) < 4.78 is 0. The standard InChI is InChI=1S/C12H12/c1-3-9-4-2-6-11-8-7-10(5-1)12(9)11/h1,3,5,8H,2,4,6-7H2. The van der Waals surface area contributed by atoms with Crippen molar-refractivity contribution in [2.45, 2.75) is 25.7 Å². The second-order valence-electron chi connectivity index (χ2n) is 3.74. The lowest BCUT2D eigenvalue weighted by Crippen LogP contribution is -2.00. The van der Waals surface area contributed by atoms with E-state index >= 15 is 0 Å². The van der Waals surface area contributed by atoms with Crippen LogP contribution in [0.3, 0.4) is 0 Å². The SMILES string of the molecule is C1=C2CCCc3cccc(c32)C1. The Bertz CT molecular complexity index is 358. The minimum absolute atomic E-state index is 1.18. The summed E-state index contributed by atoms with van der Waals surface area (Å²) in [6, 6.07) is 6.76. The van der Waals surface area contributed by atoms with Crippen LogP contribution in [0.15, 0.2) is 24.3 Å². The number of benzene rings is 1. The summed E-state index contributed by atoms with van der Waals surface area (Å²) in [5, 5.41) is 0. The molecule has 0 fully saturated rings. The largest absolute Gasteiger partial charge is 0.0763 e. The van der Waals surface area contributed by atoms with Crippen molar-refractivity contribution in [3.05, 3.63) is 41.0 Å². The summed E-state index contributed by atoms with van der Waals surface area (Å²) in [7, 11) is 0. The molecule has 0 saturated carbocycles. The molecule has 0 aliphatic heterocycles. The molecule has 0 saturated heterocycles. The Kier molecular flexibility index (Phi) is 1.20. The van der Waals surface area contributed by atoms with Crippen molar-refractivity contribution in [1.82, 2.24) is 0 Å². The lowest BCUT2D eigenvalue weighted by Gasteiger charge is -2.17. The van der Waals surface area contributed by atoms with Crippen LogP contribution in [-0.2, 0) is 12.8 Å². The van der Waals surface area contributed by atoms with Crippen molar-refractivity contribution in [3.8, 4) is 0 Å². The molecule has 0 unspecified atom stereocenters. The molecule has 0 N–H and O–H groups in total. The van der Waals surface area contributed by atoms with Gasteiger partial charge in [0.1, 0.15) is 0 Å². The Hall–Kier alpha value is -1.04. The Balaban J connectivity index is 2.31. The topological polar surface area (TPSA) is 0 Å². The van der Waals surface area contributed by atoms with E-state index in [1.165, 1.54) is 25.7 Å². The summed E-state index contributed by atoms with van der Waals surface area (Å²) in [6.07, 6.45) is 7.54. The van der Waals surface area contributed by atoms with Gasteiger partial charge in [0.05, 0.1) is 0 Å². The Labute approximate surface area is 72.9 Å². The van der Waals surface area contributed by atoms with Gasteiger partial charge in [0.25, 0.3) is 0 Å². The van der Waals surface area contributed by atoms with E-state index in [0.717, 1.165) is 0 Å². The van der Waals surface area contributed by atoms with Gasteiger partial charge >= 0.3 is 0 Å². The van der Waals surface area contributed by atoms with Crippen LogP contribution in [-0.4, -0.2) is 0 Å². The average molecular weight is 156 g/mol. The van der Waals surface area contributed by atoms with Gasteiger partial charge in [0.15, 0.2) is 0 Å². The Morgan fingerprint density at radius 1 is 1.00 bits per heavy atom. The lowest BCUT2D eigenvalue weighted by atomic mass is 9.88. The van der Waals surface area contributed by atoms with Gasteiger partial charge in [-0.25, -0.2) is 0 Å². The zero-order valence-electron chi connectivity index (χ0n) is 7.14. The van der Waals surface area contributed by atoms with Gasteiger partial charge in [-0.1, -0.05) is 24.3 Å². The fourth-order valence-electron chi connectivity index (χ4n) is 2.48. The molecule has 2 aliphatic carbocycles. The molecule has 60 valence electrons. The number of allylic oxidation sites excluding steroid dienone is 2. The second kappa shape index (κ2) is 2.22. The van der Waals surface area contributed by atoms with Crippen molar-refractivity contribution in [3.63, 3.8) is 0 Å².